The molecule has 1 amide bonds. The molecule has 220 valence electrons. The highest BCUT2D eigenvalue weighted by atomic mass is 16.5. The number of carbonyl (C=O) groups is 1. The van der Waals surface area contributed by atoms with Crippen LogP contribution in [0, 0.1) is 5.92 Å². The highest BCUT2D eigenvalue weighted by molar-refractivity contribution is 5.94. The summed E-state index contributed by atoms with van der Waals surface area (Å²) >= 11 is 0. The summed E-state index contributed by atoms with van der Waals surface area (Å²) < 4.78 is 11.5. The van der Waals surface area contributed by atoms with Crippen molar-refractivity contribution in [2.45, 2.75) is 66.3 Å². The van der Waals surface area contributed by atoms with E-state index in [1.54, 1.807) is 19.5 Å². The van der Waals surface area contributed by atoms with Gasteiger partial charge in [-0.05, 0) is 61.6 Å². The second-order valence-electron chi connectivity index (χ2n) is 11.4. The van der Waals surface area contributed by atoms with E-state index in [4.69, 9.17) is 9.47 Å². The van der Waals surface area contributed by atoms with Crippen LogP contribution in [0.2, 0.25) is 0 Å². The van der Waals surface area contributed by atoms with Crippen molar-refractivity contribution in [3.63, 3.8) is 0 Å². The maximum Gasteiger partial charge on any atom is 0.227 e. The first-order valence-electron chi connectivity index (χ1n) is 14.7. The van der Waals surface area contributed by atoms with Crippen molar-refractivity contribution < 1.29 is 14.3 Å². The van der Waals surface area contributed by atoms with Crippen molar-refractivity contribution in [1.29, 1.82) is 0 Å². The molecule has 3 aromatic rings. The molecule has 4 rings (SSSR count). The maximum absolute atomic E-state index is 13.5. The Hall–Kier alpha value is -3.49. The molecule has 41 heavy (non-hydrogen) atoms. The van der Waals surface area contributed by atoms with E-state index in [1.165, 1.54) is 5.56 Å². The van der Waals surface area contributed by atoms with Gasteiger partial charge in [-0.15, -0.1) is 0 Å². The number of carbonyl (C=O) groups excluding carboxylic acids is 1. The number of hydrogen-bond donors (Lipinski definition) is 0. The van der Waals surface area contributed by atoms with Crippen LogP contribution in [0.1, 0.15) is 57.2 Å². The molecule has 1 aliphatic rings. The molecule has 1 aromatic heterocycles. The van der Waals surface area contributed by atoms with Crippen molar-refractivity contribution in [3.05, 3.63) is 77.6 Å². The first-order valence-corrected chi connectivity index (χ1v) is 14.7. The van der Waals surface area contributed by atoms with Gasteiger partial charge in [0.15, 0.2) is 0 Å². The van der Waals surface area contributed by atoms with Gasteiger partial charge < -0.3 is 19.3 Å². The summed E-state index contributed by atoms with van der Waals surface area (Å²) in [6, 6.07) is 16.6. The number of ether oxygens (including phenoxy) is 2. The zero-order valence-electron chi connectivity index (χ0n) is 25.3. The Morgan fingerprint density at radius 2 is 1.73 bits per heavy atom. The lowest BCUT2D eigenvalue weighted by atomic mass is 10.1. The van der Waals surface area contributed by atoms with Crippen LogP contribution >= 0.6 is 0 Å². The first kappa shape index (κ1) is 30.5. The molecule has 0 unspecified atom stereocenters. The largest absolute Gasteiger partial charge is 0.491 e. The number of fused-ring (bicyclic) bond motifs is 1. The van der Waals surface area contributed by atoms with Crippen molar-refractivity contribution in [3.8, 4) is 5.75 Å². The van der Waals surface area contributed by atoms with E-state index < -0.39 is 0 Å². The average Bonchev–Trinajstić information content (AvgIpc) is 2.97. The minimum Gasteiger partial charge on any atom is -0.491 e. The number of benzene rings is 2. The quantitative estimate of drug-likeness (QED) is 0.333. The topological polar surface area (TPSA) is 71.0 Å². The molecule has 8 heteroatoms. The number of amides is 1. The summed E-state index contributed by atoms with van der Waals surface area (Å²) in [4.78, 5) is 29.3. The molecule has 0 aliphatic carbocycles. The molecule has 1 aliphatic heterocycles. The van der Waals surface area contributed by atoms with E-state index in [2.05, 4.69) is 70.0 Å². The smallest absolute Gasteiger partial charge is 0.227 e. The number of nitrogens with zero attached hydrogens (tertiary/aromatic N) is 5. The van der Waals surface area contributed by atoms with Crippen LogP contribution < -0.4 is 14.5 Å². The van der Waals surface area contributed by atoms with Crippen molar-refractivity contribution in [2.24, 2.45) is 5.92 Å². The fourth-order valence-corrected chi connectivity index (χ4v) is 5.28. The summed E-state index contributed by atoms with van der Waals surface area (Å²) in [5, 5.41) is 0. The van der Waals surface area contributed by atoms with Crippen LogP contribution in [0.5, 0.6) is 5.75 Å². The van der Waals surface area contributed by atoms with Crippen LogP contribution in [-0.4, -0.2) is 60.2 Å². The van der Waals surface area contributed by atoms with E-state index in [0.29, 0.717) is 25.5 Å². The van der Waals surface area contributed by atoms with Crippen LogP contribution in [-0.2, 0) is 29.2 Å². The van der Waals surface area contributed by atoms with Gasteiger partial charge in [0, 0.05) is 76.4 Å². The number of rotatable bonds is 9. The summed E-state index contributed by atoms with van der Waals surface area (Å²) in [7, 11) is 1.71. The first-order chi connectivity index (χ1) is 19.8. The fourth-order valence-electron chi connectivity index (χ4n) is 5.28. The molecule has 0 saturated carbocycles. The maximum atomic E-state index is 13.5. The molecule has 8 nitrogen and oxygen atoms in total. The van der Waals surface area contributed by atoms with E-state index in [1.807, 2.05) is 30.9 Å². The minimum atomic E-state index is 0.0893. The third kappa shape index (κ3) is 8.75. The lowest BCUT2D eigenvalue weighted by molar-refractivity contribution is -0.119. The summed E-state index contributed by atoms with van der Waals surface area (Å²) in [5.74, 6) is 2.05. The van der Waals surface area contributed by atoms with Gasteiger partial charge in [-0.25, -0.2) is 9.97 Å². The zero-order chi connectivity index (χ0) is 29.2. The second kappa shape index (κ2) is 14.9. The Balaban J connectivity index is 1.67. The highest BCUT2D eigenvalue weighted by Crippen LogP contribution is 2.27. The molecule has 0 N–H and O–H groups in total. The van der Waals surface area contributed by atoms with E-state index >= 15 is 0 Å². The Morgan fingerprint density at radius 3 is 2.46 bits per heavy atom. The lowest BCUT2D eigenvalue weighted by Crippen LogP contribution is -2.37. The van der Waals surface area contributed by atoms with Crippen LogP contribution in [0.15, 0.2) is 60.9 Å². The molecule has 0 bridgehead atoms. The zero-order valence-corrected chi connectivity index (χ0v) is 25.3. The van der Waals surface area contributed by atoms with Gasteiger partial charge in [-0.2, -0.15) is 0 Å². The molecule has 0 fully saturated rings. The number of anilines is 2. The van der Waals surface area contributed by atoms with E-state index in [-0.39, 0.29) is 12.0 Å². The molecule has 0 atom stereocenters. The van der Waals surface area contributed by atoms with Gasteiger partial charge in [-0.1, -0.05) is 38.1 Å². The van der Waals surface area contributed by atoms with Crippen molar-refractivity contribution in [2.75, 3.05) is 43.1 Å². The third-order valence-electron chi connectivity index (χ3n) is 7.08. The monoisotopic (exact) mass is 559 g/mol. The van der Waals surface area contributed by atoms with Crippen LogP contribution in [0.3, 0.4) is 0 Å². The number of para-hydroxylation sites is 1. The molecule has 2 heterocycles. The van der Waals surface area contributed by atoms with Gasteiger partial charge in [0.25, 0.3) is 0 Å². The Kier molecular flexibility index (Phi) is 11.1. The standard InChI is InChI=1S/C33H45N5O3/c1-25(2)20-32(39)38-17-9-16-37(33-34-14-8-15-35-33)19-18-36(23-28-10-6-7-11-30(28)38)22-27-12-13-31(41-26(3)4)29(21-27)24-40-5/h6-8,10-15,21,25-26H,9,16-20,22-24H2,1-5H3. The highest BCUT2D eigenvalue weighted by Gasteiger charge is 2.23. The third-order valence-corrected chi connectivity index (χ3v) is 7.08. The molecule has 0 spiro atoms. The van der Waals surface area contributed by atoms with E-state index in [9.17, 15) is 4.79 Å². The van der Waals surface area contributed by atoms with Crippen molar-refractivity contribution >= 4 is 17.5 Å². The Labute approximate surface area is 245 Å². The van der Waals surface area contributed by atoms with Crippen LogP contribution in [0.4, 0.5) is 11.6 Å². The minimum absolute atomic E-state index is 0.0893. The molecule has 2 aromatic carbocycles. The van der Waals surface area contributed by atoms with Crippen LogP contribution in [0.25, 0.3) is 0 Å². The number of methoxy groups -OCH3 is 1. The molecule has 0 radical (unpaired) electrons. The molecular formula is C33H45N5O3. The molecular weight excluding hydrogens is 514 g/mol. The van der Waals surface area contributed by atoms with Gasteiger partial charge >= 0.3 is 0 Å². The van der Waals surface area contributed by atoms with Gasteiger partial charge in [0.2, 0.25) is 11.9 Å². The lowest BCUT2D eigenvalue weighted by Gasteiger charge is -2.28. The van der Waals surface area contributed by atoms with Gasteiger partial charge in [0.05, 0.1) is 12.7 Å². The summed E-state index contributed by atoms with van der Waals surface area (Å²) in [6.45, 7) is 13.2. The Bertz CT molecular complexity index is 1250. The fraction of sp³-hybridized carbons (Fsp3) is 0.485. The van der Waals surface area contributed by atoms with Crippen molar-refractivity contribution in [1.82, 2.24) is 14.9 Å². The SMILES string of the molecule is COCc1cc(CN2CCN(c3ncccn3)CCCN(C(=O)CC(C)C)c3ccccc3C2)ccc1OC(C)C. The predicted octanol–water partition coefficient (Wildman–Crippen LogP) is 5.70. The predicted molar refractivity (Wildman–Crippen MR) is 164 cm³/mol. The van der Waals surface area contributed by atoms with Gasteiger partial charge in [0.1, 0.15) is 5.75 Å². The van der Waals surface area contributed by atoms with Gasteiger partial charge in [-0.3, -0.25) is 9.69 Å². The van der Waals surface area contributed by atoms with E-state index in [0.717, 1.165) is 67.7 Å². The Morgan fingerprint density at radius 1 is 0.951 bits per heavy atom. The normalized spacial score (nSPS) is 15.1. The average molecular weight is 560 g/mol. The second-order valence-corrected chi connectivity index (χ2v) is 11.4. The summed E-state index contributed by atoms with van der Waals surface area (Å²) in [5.41, 5.74) is 4.40. The number of aromatic nitrogens is 2. The molecule has 0 saturated heterocycles. The summed E-state index contributed by atoms with van der Waals surface area (Å²) in [6.07, 6.45) is 5.02. The number of hydrogen-bond acceptors (Lipinski definition) is 7.